The van der Waals surface area contributed by atoms with Crippen molar-refractivity contribution in [1.82, 2.24) is 0 Å². The molecule has 0 aliphatic heterocycles. The van der Waals surface area contributed by atoms with E-state index in [2.05, 4.69) is 37.2 Å². The van der Waals surface area contributed by atoms with Gasteiger partial charge in [0.15, 0.2) is 0 Å². The second kappa shape index (κ2) is 6.13. The SMILES string of the molecule is NC(=S)c1ccc(Br)cc1NC(=O)c1ccc(Br)s1. The highest BCUT2D eigenvalue weighted by molar-refractivity contribution is 9.11. The monoisotopic (exact) mass is 418 g/mol. The number of benzene rings is 1. The van der Waals surface area contributed by atoms with Crippen LogP contribution in [0.15, 0.2) is 38.6 Å². The average Bonchev–Trinajstić information content (AvgIpc) is 2.75. The van der Waals surface area contributed by atoms with E-state index in [1.807, 2.05) is 12.1 Å². The molecule has 0 saturated heterocycles. The number of nitrogens with two attached hydrogens (primary N) is 1. The van der Waals surface area contributed by atoms with Gasteiger partial charge in [-0.2, -0.15) is 0 Å². The van der Waals surface area contributed by atoms with Crippen molar-refractivity contribution in [1.29, 1.82) is 0 Å². The summed E-state index contributed by atoms with van der Waals surface area (Å²) in [5, 5.41) is 2.82. The first-order chi connectivity index (χ1) is 8.97. The van der Waals surface area contributed by atoms with Crippen LogP contribution in [0.1, 0.15) is 15.2 Å². The summed E-state index contributed by atoms with van der Waals surface area (Å²) in [6.07, 6.45) is 0. The van der Waals surface area contributed by atoms with Crippen LogP contribution in [0, 0.1) is 0 Å². The summed E-state index contributed by atoms with van der Waals surface area (Å²) in [6, 6.07) is 8.95. The van der Waals surface area contributed by atoms with E-state index >= 15 is 0 Å². The van der Waals surface area contributed by atoms with Crippen LogP contribution in [0.25, 0.3) is 0 Å². The molecule has 7 heteroatoms. The van der Waals surface area contributed by atoms with Crippen molar-refractivity contribution >= 4 is 72.0 Å². The molecular formula is C12H8Br2N2OS2. The van der Waals surface area contributed by atoms with Gasteiger partial charge < -0.3 is 11.1 Å². The summed E-state index contributed by atoms with van der Waals surface area (Å²) in [6.45, 7) is 0. The van der Waals surface area contributed by atoms with Crippen LogP contribution >= 0.6 is 55.4 Å². The normalized spacial score (nSPS) is 10.2. The summed E-state index contributed by atoms with van der Waals surface area (Å²) in [5.41, 5.74) is 6.88. The fourth-order valence-electron chi connectivity index (χ4n) is 1.45. The zero-order chi connectivity index (χ0) is 14.0. The number of anilines is 1. The standard InChI is InChI=1S/C12H8Br2N2OS2/c13-6-1-2-7(11(15)18)8(5-6)16-12(17)9-3-4-10(14)19-9/h1-5H,(H2,15,18)(H,16,17). The van der Waals surface area contributed by atoms with E-state index in [-0.39, 0.29) is 10.9 Å². The number of hydrogen-bond donors (Lipinski definition) is 2. The van der Waals surface area contributed by atoms with E-state index in [0.29, 0.717) is 16.1 Å². The summed E-state index contributed by atoms with van der Waals surface area (Å²) < 4.78 is 1.75. The highest BCUT2D eigenvalue weighted by Crippen LogP contribution is 2.25. The maximum atomic E-state index is 12.1. The molecule has 0 saturated carbocycles. The average molecular weight is 420 g/mol. The molecule has 98 valence electrons. The Morgan fingerprint density at radius 1 is 1.26 bits per heavy atom. The highest BCUT2D eigenvalue weighted by atomic mass is 79.9. The van der Waals surface area contributed by atoms with Gasteiger partial charge in [0.05, 0.1) is 14.4 Å². The molecule has 0 radical (unpaired) electrons. The molecule has 1 aromatic carbocycles. The first-order valence-corrected chi connectivity index (χ1v) is 7.94. The first-order valence-electron chi connectivity index (χ1n) is 5.13. The summed E-state index contributed by atoms with van der Waals surface area (Å²) in [7, 11) is 0. The van der Waals surface area contributed by atoms with Crippen molar-refractivity contribution in [3.63, 3.8) is 0 Å². The van der Waals surface area contributed by atoms with Crippen LogP contribution in [0.3, 0.4) is 0 Å². The van der Waals surface area contributed by atoms with Crippen molar-refractivity contribution in [2.45, 2.75) is 0 Å². The van der Waals surface area contributed by atoms with Crippen LogP contribution in [0.5, 0.6) is 0 Å². The number of thiophene rings is 1. The molecule has 0 fully saturated rings. The third kappa shape index (κ3) is 3.62. The van der Waals surface area contributed by atoms with Gasteiger partial charge in [-0.3, -0.25) is 4.79 Å². The molecule has 0 aliphatic carbocycles. The van der Waals surface area contributed by atoms with E-state index in [4.69, 9.17) is 18.0 Å². The molecule has 19 heavy (non-hydrogen) atoms. The molecule has 3 N–H and O–H groups in total. The predicted molar refractivity (Wildman–Crippen MR) is 90.0 cm³/mol. The van der Waals surface area contributed by atoms with Gasteiger partial charge in [-0.1, -0.05) is 28.1 Å². The van der Waals surface area contributed by atoms with Gasteiger partial charge >= 0.3 is 0 Å². The molecule has 0 atom stereocenters. The number of nitrogens with one attached hydrogen (secondary N) is 1. The van der Waals surface area contributed by atoms with Crippen LogP contribution in [-0.2, 0) is 0 Å². The number of carbonyl (C=O) groups is 1. The smallest absolute Gasteiger partial charge is 0.265 e. The van der Waals surface area contributed by atoms with Gasteiger partial charge in [0, 0.05) is 10.0 Å². The number of amides is 1. The van der Waals surface area contributed by atoms with Gasteiger partial charge in [0.2, 0.25) is 0 Å². The van der Waals surface area contributed by atoms with Crippen LogP contribution in [0.2, 0.25) is 0 Å². The fourth-order valence-corrected chi connectivity index (χ4v) is 3.28. The minimum absolute atomic E-state index is 0.189. The lowest BCUT2D eigenvalue weighted by molar-refractivity contribution is 0.103. The number of halogens is 2. The second-order valence-corrected chi connectivity index (χ2v) is 7.43. The highest BCUT2D eigenvalue weighted by Gasteiger charge is 2.12. The van der Waals surface area contributed by atoms with Crippen molar-refractivity contribution in [3.05, 3.63) is 49.0 Å². The predicted octanol–water partition coefficient (Wildman–Crippen LogP) is 4.16. The molecule has 0 spiro atoms. The molecule has 2 rings (SSSR count). The fraction of sp³-hybridized carbons (Fsp3) is 0. The number of thiocarbonyl (C=S) groups is 1. The summed E-state index contributed by atoms with van der Waals surface area (Å²) in [5.74, 6) is -0.189. The Balaban J connectivity index is 2.30. The van der Waals surface area contributed by atoms with E-state index < -0.39 is 0 Å². The zero-order valence-electron chi connectivity index (χ0n) is 9.44. The minimum atomic E-state index is -0.189. The largest absolute Gasteiger partial charge is 0.389 e. The number of hydrogen-bond acceptors (Lipinski definition) is 3. The molecular weight excluding hydrogens is 412 g/mol. The van der Waals surface area contributed by atoms with Gasteiger partial charge in [-0.15, -0.1) is 11.3 Å². The van der Waals surface area contributed by atoms with Crippen molar-refractivity contribution in [2.24, 2.45) is 5.73 Å². The lowest BCUT2D eigenvalue weighted by Crippen LogP contribution is -2.17. The zero-order valence-corrected chi connectivity index (χ0v) is 14.2. The van der Waals surface area contributed by atoms with Crippen LogP contribution < -0.4 is 11.1 Å². The Kier molecular flexibility index (Phi) is 4.72. The third-order valence-electron chi connectivity index (χ3n) is 2.29. The quantitative estimate of drug-likeness (QED) is 0.734. The molecule has 1 amide bonds. The maximum absolute atomic E-state index is 12.1. The molecule has 2 aromatic rings. The van der Waals surface area contributed by atoms with E-state index in [0.717, 1.165) is 8.26 Å². The molecule has 1 heterocycles. The molecule has 0 bridgehead atoms. The molecule has 3 nitrogen and oxygen atoms in total. The van der Waals surface area contributed by atoms with Crippen molar-refractivity contribution in [2.75, 3.05) is 5.32 Å². The van der Waals surface area contributed by atoms with Crippen molar-refractivity contribution in [3.8, 4) is 0 Å². The maximum Gasteiger partial charge on any atom is 0.265 e. The van der Waals surface area contributed by atoms with E-state index in [1.54, 1.807) is 18.2 Å². The lowest BCUT2D eigenvalue weighted by atomic mass is 10.1. The van der Waals surface area contributed by atoms with Gasteiger partial charge in [-0.25, -0.2) is 0 Å². The Labute approximate surface area is 136 Å². The second-order valence-electron chi connectivity index (χ2n) is 3.61. The summed E-state index contributed by atoms with van der Waals surface area (Å²) >= 11 is 13.0. The van der Waals surface area contributed by atoms with E-state index in [9.17, 15) is 4.79 Å². The summed E-state index contributed by atoms with van der Waals surface area (Å²) in [4.78, 5) is 12.9. The Morgan fingerprint density at radius 3 is 2.58 bits per heavy atom. The number of rotatable bonds is 3. The Hall–Kier alpha value is -0.760. The Bertz CT molecular complexity index is 655. The third-order valence-corrected chi connectivity index (χ3v) is 4.63. The lowest BCUT2D eigenvalue weighted by Gasteiger charge is -2.10. The van der Waals surface area contributed by atoms with Gasteiger partial charge in [-0.05, 0) is 46.3 Å². The molecule has 0 unspecified atom stereocenters. The molecule has 1 aromatic heterocycles. The Morgan fingerprint density at radius 2 is 2.00 bits per heavy atom. The molecule has 0 aliphatic rings. The van der Waals surface area contributed by atoms with Crippen molar-refractivity contribution < 1.29 is 4.79 Å². The van der Waals surface area contributed by atoms with Crippen LogP contribution in [0.4, 0.5) is 5.69 Å². The van der Waals surface area contributed by atoms with Gasteiger partial charge in [0.25, 0.3) is 5.91 Å². The number of carbonyl (C=O) groups excluding carboxylic acids is 1. The first kappa shape index (κ1) is 14.6. The van der Waals surface area contributed by atoms with Gasteiger partial charge in [0.1, 0.15) is 4.99 Å². The van der Waals surface area contributed by atoms with E-state index in [1.165, 1.54) is 11.3 Å². The van der Waals surface area contributed by atoms with Crippen LogP contribution in [-0.4, -0.2) is 10.9 Å². The topological polar surface area (TPSA) is 55.1 Å². The minimum Gasteiger partial charge on any atom is -0.389 e.